The summed E-state index contributed by atoms with van der Waals surface area (Å²) in [4.78, 5) is 0. The van der Waals surface area contributed by atoms with Crippen LogP contribution in [0.1, 0.15) is 32.1 Å². The minimum absolute atomic E-state index is 0.334. The van der Waals surface area contributed by atoms with Gasteiger partial charge in [0.15, 0.2) is 0 Å². The quantitative estimate of drug-likeness (QED) is 0.755. The number of sulfone groups is 1. The van der Waals surface area contributed by atoms with Gasteiger partial charge in [0.25, 0.3) is 0 Å². The summed E-state index contributed by atoms with van der Waals surface area (Å²) in [5.74, 6) is 1.66. The molecule has 3 nitrogen and oxygen atoms in total. The molecule has 14 heavy (non-hydrogen) atoms. The average Bonchev–Trinajstić information content (AvgIpc) is 2.49. The van der Waals surface area contributed by atoms with Crippen LogP contribution in [0.2, 0.25) is 0 Å². The van der Waals surface area contributed by atoms with E-state index in [0.717, 1.165) is 19.4 Å². The first kappa shape index (κ1) is 12.0. The molecule has 0 heterocycles. The van der Waals surface area contributed by atoms with Crippen LogP contribution in [0.15, 0.2) is 0 Å². The molecule has 1 saturated carbocycles. The summed E-state index contributed by atoms with van der Waals surface area (Å²) in [6.07, 6.45) is 6.90. The maximum Gasteiger partial charge on any atom is 0.147 e. The number of nitrogens with two attached hydrogens (primary N) is 1. The molecule has 0 bridgehead atoms. The van der Waals surface area contributed by atoms with E-state index < -0.39 is 9.84 Å². The Morgan fingerprint density at radius 3 is 2.50 bits per heavy atom. The fourth-order valence-corrected chi connectivity index (χ4v) is 3.10. The SMILES string of the molecule is CS(=O)(=O)CCCC1CCCC1CN. The van der Waals surface area contributed by atoms with Crippen LogP contribution in [-0.2, 0) is 9.84 Å². The predicted molar refractivity (Wildman–Crippen MR) is 58.8 cm³/mol. The molecule has 0 radical (unpaired) electrons. The summed E-state index contributed by atoms with van der Waals surface area (Å²) in [7, 11) is -2.77. The topological polar surface area (TPSA) is 60.2 Å². The Morgan fingerprint density at radius 1 is 1.29 bits per heavy atom. The Kier molecular flexibility index (Phi) is 4.38. The lowest BCUT2D eigenvalue weighted by Gasteiger charge is -2.16. The standard InChI is InChI=1S/C10H21NO2S/c1-14(12,13)7-3-6-9-4-2-5-10(9)8-11/h9-10H,2-8,11H2,1H3. The van der Waals surface area contributed by atoms with Gasteiger partial charge in [0.2, 0.25) is 0 Å². The van der Waals surface area contributed by atoms with Gasteiger partial charge in [0, 0.05) is 12.0 Å². The van der Waals surface area contributed by atoms with Gasteiger partial charge in [-0.2, -0.15) is 0 Å². The second-order valence-corrected chi connectivity index (χ2v) is 6.72. The van der Waals surface area contributed by atoms with Crippen molar-refractivity contribution in [1.82, 2.24) is 0 Å². The molecule has 0 aromatic carbocycles. The summed E-state index contributed by atoms with van der Waals surface area (Å²) in [6.45, 7) is 0.767. The van der Waals surface area contributed by atoms with Crippen molar-refractivity contribution in [2.45, 2.75) is 32.1 Å². The largest absolute Gasteiger partial charge is 0.330 e. The molecular weight excluding hydrogens is 198 g/mol. The molecule has 4 heteroatoms. The van der Waals surface area contributed by atoms with Crippen molar-refractivity contribution in [3.63, 3.8) is 0 Å². The summed E-state index contributed by atoms with van der Waals surface area (Å²) >= 11 is 0. The van der Waals surface area contributed by atoms with Crippen LogP contribution in [0.4, 0.5) is 0 Å². The zero-order chi connectivity index (χ0) is 10.6. The van der Waals surface area contributed by atoms with Gasteiger partial charge in [0.05, 0.1) is 0 Å². The lowest BCUT2D eigenvalue weighted by Crippen LogP contribution is -2.19. The highest BCUT2D eigenvalue weighted by molar-refractivity contribution is 7.90. The minimum Gasteiger partial charge on any atom is -0.330 e. The molecule has 2 N–H and O–H groups in total. The van der Waals surface area contributed by atoms with E-state index >= 15 is 0 Å². The Bertz CT molecular complexity index is 261. The van der Waals surface area contributed by atoms with E-state index in [9.17, 15) is 8.42 Å². The van der Waals surface area contributed by atoms with Gasteiger partial charge in [-0.15, -0.1) is 0 Å². The second-order valence-electron chi connectivity index (χ2n) is 4.46. The molecule has 0 spiro atoms. The first-order valence-corrected chi connectivity index (χ1v) is 7.47. The van der Waals surface area contributed by atoms with Gasteiger partial charge in [-0.3, -0.25) is 0 Å². The first-order valence-electron chi connectivity index (χ1n) is 5.40. The van der Waals surface area contributed by atoms with Crippen LogP contribution in [0, 0.1) is 11.8 Å². The van der Waals surface area contributed by atoms with Crippen molar-refractivity contribution in [3.8, 4) is 0 Å². The number of hydrogen-bond donors (Lipinski definition) is 1. The molecule has 1 aliphatic carbocycles. The minimum atomic E-state index is -2.77. The molecule has 0 amide bonds. The third-order valence-corrected chi connectivity index (χ3v) is 4.24. The van der Waals surface area contributed by atoms with E-state index in [1.165, 1.54) is 25.5 Å². The van der Waals surface area contributed by atoms with Crippen molar-refractivity contribution in [2.24, 2.45) is 17.6 Å². The fourth-order valence-electron chi connectivity index (χ4n) is 2.41. The van der Waals surface area contributed by atoms with Crippen molar-refractivity contribution in [3.05, 3.63) is 0 Å². The van der Waals surface area contributed by atoms with E-state index in [1.54, 1.807) is 0 Å². The zero-order valence-corrected chi connectivity index (χ0v) is 9.72. The molecule has 1 fully saturated rings. The van der Waals surface area contributed by atoms with E-state index in [0.29, 0.717) is 17.6 Å². The van der Waals surface area contributed by atoms with Crippen LogP contribution in [0.3, 0.4) is 0 Å². The third kappa shape index (κ3) is 3.96. The van der Waals surface area contributed by atoms with Crippen molar-refractivity contribution in [2.75, 3.05) is 18.6 Å². The van der Waals surface area contributed by atoms with Gasteiger partial charge in [0.1, 0.15) is 9.84 Å². The van der Waals surface area contributed by atoms with Gasteiger partial charge in [-0.1, -0.05) is 12.8 Å². The summed E-state index contributed by atoms with van der Waals surface area (Å²) in [6, 6.07) is 0. The average molecular weight is 219 g/mol. The molecule has 1 aliphatic rings. The highest BCUT2D eigenvalue weighted by atomic mass is 32.2. The van der Waals surface area contributed by atoms with Crippen LogP contribution >= 0.6 is 0 Å². The van der Waals surface area contributed by atoms with Gasteiger partial charge in [-0.05, 0) is 37.6 Å². The third-order valence-electron chi connectivity index (χ3n) is 3.21. The van der Waals surface area contributed by atoms with Crippen molar-refractivity contribution >= 4 is 9.84 Å². The fraction of sp³-hybridized carbons (Fsp3) is 1.00. The number of hydrogen-bond acceptors (Lipinski definition) is 3. The summed E-state index contributed by atoms with van der Waals surface area (Å²) < 4.78 is 21.9. The van der Waals surface area contributed by atoms with Crippen LogP contribution < -0.4 is 5.73 Å². The zero-order valence-electron chi connectivity index (χ0n) is 8.91. The maximum atomic E-state index is 10.9. The Morgan fingerprint density at radius 2 is 1.93 bits per heavy atom. The second kappa shape index (κ2) is 5.12. The molecule has 0 aromatic heterocycles. The van der Waals surface area contributed by atoms with Crippen molar-refractivity contribution < 1.29 is 8.42 Å². The molecule has 0 aliphatic heterocycles. The summed E-state index contributed by atoms with van der Waals surface area (Å²) in [5.41, 5.74) is 5.66. The van der Waals surface area contributed by atoms with Crippen LogP contribution in [0.5, 0.6) is 0 Å². The lowest BCUT2D eigenvalue weighted by atomic mass is 9.92. The van der Waals surface area contributed by atoms with Gasteiger partial charge < -0.3 is 5.73 Å². The van der Waals surface area contributed by atoms with Gasteiger partial charge in [-0.25, -0.2) is 8.42 Å². The molecule has 0 aromatic rings. The molecule has 2 unspecified atom stereocenters. The number of rotatable bonds is 5. The van der Waals surface area contributed by atoms with E-state index in [4.69, 9.17) is 5.73 Å². The summed E-state index contributed by atoms with van der Waals surface area (Å²) in [5, 5.41) is 0. The molecule has 84 valence electrons. The predicted octanol–water partition coefficient (Wildman–Crippen LogP) is 1.19. The highest BCUT2D eigenvalue weighted by Crippen LogP contribution is 2.34. The normalized spacial score (nSPS) is 28.1. The van der Waals surface area contributed by atoms with Crippen LogP contribution in [0.25, 0.3) is 0 Å². The van der Waals surface area contributed by atoms with Crippen LogP contribution in [-0.4, -0.2) is 27.0 Å². The monoisotopic (exact) mass is 219 g/mol. The van der Waals surface area contributed by atoms with Gasteiger partial charge >= 0.3 is 0 Å². The maximum absolute atomic E-state index is 10.9. The Balaban J connectivity index is 2.24. The Hall–Kier alpha value is -0.0900. The first-order chi connectivity index (χ1) is 6.53. The van der Waals surface area contributed by atoms with E-state index in [2.05, 4.69) is 0 Å². The van der Waals surface area contributed by atoms with E-state index in [1.807, 2.05) is 0 Å². The molecule has 1 rings (SSSR count). The smallest absolute Gasteiger partial charge is 0.147 e. The lowest BCUT2D eigenvalue weighted by molar-refractivity contribution is 0.369. The molecular formula is C10H21NO2S. The molecule has 0 saturated heterocycles. The molecule has 2 atom stereocenters. The Labute approximate surface area is 87.0 Å². The van der Waals surface area contributed by atoms with E-state index in [-0.39, 0.29) is 0 Å². The van der Waals surface area contributed by atoms with Crippen molar-refractivity contribution in [1.29, 1.82) is 0 Å². The highest BCUT2D eigenvalue weighted by Gasteiger charge is 2.25.